The maximum Gasteiger partial charge on any atom is 0.471 e. The second kappa shape index (κ2) is 11.6. The van der Waals surface area contributed by atoms with Gasteiger partial charge in [-0.1, -0.05) is 55.4 Å². The lowest BCUT2D eigenvalue weighted by atomic mass is 10.1. The van der Waals surface area contributed by atoms with E-state index in [2.05, 4.69) is 20.0 Å². The molecule has 6 nitrogen and oxygen atoms in total. The molecule has 0 spiro atoms. The third kappa shape index (κ3) is 7.38. The number of amides is 1. The molecule has 0 unspecified atom stereocenters. The fourth-order valence-corrected chi connectivity index (χ4v) is 3.07. The van der Waals surface area contributed by atoms with E-state index in [0.717, 1.165) is 11.6 Å². The van der Waals surface area contributed by atoms with Gasteiger partial charge >= 0.3 is 12.1 Å². The van der Waals surface area contributed by atoms with Crippen molar-refractivity contribution in [2.45, 2.75) is 39.5 Å². The van der Waals surface area contributed by atoms with E-state index in [4.69, 9.17) is 0 Å². The van der Waals surface area contributed by atoms with Gasteiger partial charge in [-0.15, -0.1) is 0 Å². The predicted octanol–water partition coefficient (Wildman–Crippen LogP) is 5.17. The molecule has 1 N–H and O–H groups in total. The molecule has 0 aliphatic heterocycles. The third-order valence-electron chi connectivity index (χ3n) is 4.40. The molecule has 1 atom stereocenters. The molecule has 178 valence electrons. The average molecular weight is 466 g/mol. The molecule has 10 heteroatoms. The van der Waals surface area contributed by atoms with E-state index in [1.807, 2.05) is 56.1 Å². The van der Waals surface area contributed by atoms with Gasteiger partial charge in [-0.25, -0.2) is 4.39 Å². The van der Waals surface area contributed by atoms with Gasteiger partial charge in [0.1, 0.15) is 5.82 Å². The number of alkyl halides is 3. The summed E-state index contributed by atoms with van der Waals surface area (Å²) in [5.41, 5.74) is 0.852. The summed E-state index contributed by atoms with van der Waals surface area (Å²) in [5, 5.41) is 5.92. The van der Waals surface area contributed by atoms with E-state index in [9.17, 15) is 22.4 Å². The minimum absolute atomic E-state index is 0.0380. The number of rotatable bonds is 7. The van der Waals surface area contributed by atoms with Crippen LogP contribution >= 0.6 is 0 Å². The predicted molar refractivity (Wildman–Crippen MR) is 116 cm³/mol. The van der Waals surface area contributed by atoms with Gasteiger partial charge in [-0.2, -0.15) is 18.2 Å². The van der Waals surface area contributed by atoms with Gasteiger partial charge in [-0.05, 0) is 31.7 Å². The molecular weight excluding hydrogens is 440 g/mol. The molecule has 0 radical (unpaired) electrons. The van der Waals surface area contributed by atoms with Crippen molar-refractivity contribution in [2.24, 2.45) is 0 Å². The summed E-state index contributed by atoms with van der Waals surface area (Å²) in [6.45, 7) is 7.02. The Balaban J connectivity index is 0.00000187. The first kappa shape index (κ1) is 26.0. The van der Waals surface area contributed by atoms with Crippen molar-refractivity contribution in [3.63, 3.8) is 0 Å². The highest BCUT2D eigenvalue weighted by Gasteiger charge is 2.38. The zero-order valence-corrected chi connectivity index (χ0v) is 18.8. The van der Waals surface area contributed by atoms with E-state index in [1.54, 1.807) is 6.92 Å². The summed E-state index contributed by atoms with van der Waals surface area (Å²) < 4.78 is 56.3. The van der Waals surface area contributed by atoms with Crippen LogP contribution in [0.4, 0.5) is 17.6 Å². The lowest BCUT2D eigenvalue weighted by Crippen LogP contribution is -2.40. The van der Waals surface area contributed by atoms with E-state index in [1.165, 1.54) is 12.1 Å². The second-order valence-corrected chi connectivity index (χ2v) is 7.17. The van der Waals surface area contributed by atoms with Gasteiger partial charge in [0, 0.05) is 24.7 Å². The molecule has 3 aromatic rings. The second-order valence-electron chi connectivity index (χ2n) is 7.17. The standard InChI is InChI=1S/C21H20F4N4O2.C2H6/c1-13(11-29(2)12-14-6-4-3-5-7-14)26-19(30)16-9-8-15(10-17(16)22)18-27-20(31-28-18)21(23,24)25;1-2/h3-10,13H,11-12H2,1-2H3,(H,26,30);1-2H3/t13-;/m1./s1. The van der Waals surface area contributed by atoms with Crippen molar-refractivity contribution in [2.75, 3.05) is 13.6 Å². The van der Waals surface area contributed by atoms with Gasteiger partial charge in [0.05, 0.1) is 5.56 Å². The van der Waals surface area contributed by atoms with Crippen molar-refractivity contribution < 1.29 is 26.9 Å². The minimum Gasteiger partial charge on any atom is -0.348 e. The lowest BCUT2D eigenvalue weighted by molar-refractivity contribution is -0.159. The van der Waals surface area contributed by atoms with E-state index in [0.29, 0.717) is 13.1 Å². The highest BCUT2D eigenvalue weighted by Crippen LogP contribution is 2.29. The molecule has 3 rings (SSSR count). The highest BCUT2D eigenvalue weighted by atomic mass is 19.4. The first-order chi connectivity index (χ1) is 15.6. The van der Waals surface area contributed by atoms with Crippen LogP contribution in [-0.4, -0.2) is 40.6 Å². The van der Waals surface area contributed by atoms with Crippen LogP contribution in [-0.2, 0) is 12.7 Å². The van der Waals surface area contributed by atoms with Gasteiger partial charge in [0.25, 0.3) is 5.91 Å². The molecule has 0 aliphatic carbocycles. The van der Waals surface area contributed by atoms with Crippen LogP contribution < -0.4 is 5.32 Å². The largest absolute Gasteiger partial charge is 0.471 e. The highest BCUT2D eigenvalue weighted by molar-refractivity contribution is 5.95. The molecular formula is C23H26F4N4O2. The van der Waals surface area contributed by atoms with Crippen LogP contribution in [0, 0.1) is 5.82 Å². The summed E-state index contributed by atoms with van der Waals surface area (Å²) >= 11 is 0. The maximum atomic E-state index is 14.4. The van der Waals surface area contributed by atoms with E-state index in [-0.39, 0.29) is 17.2 Å². The number of aromatic nitrogens is 2. The molecule has 0 aliphatic rings. The maximum absolute atomic E-state index is 14.4. The number of hydrogen-bond donors (Lipinski definition) is 1. The molecule has 2 aromatic carbocycles. The first-order valence-electron chi connectivity index (χ1n) is 10.4. The fourth-order valence-electron chi connectivity index (χ4n) is 3.07. The van der Waals surface area contributed by atoms with E-state index >= 15 is 0 Å². The Morgan fingerprint density at radius 1 is 1.15 bits per heavy atom. The topological polar surface area (TPSA) is 71.3 Å². The Morgan fingerprint density at radius 3 is 2.39 bits per heavy atom. The molecule has 0 fully saturated rings. The SMILES string of the molecule is CC.C[C@H](CN(C)Cc1ccccc1)NC(=O)c1ccc(-c2noc(C(F)(F)F)n2)cc1F. The lowest BCUT2D eigenvalue weighted by Gasteiger charge is -2.22. The number of carbonyl (C=O) groups excluding carboxylic acids is 1. The van der Waals surface area contributed by atoms with Crippen LogP contribution in [0.3, 0.4) is 0 Å². The van der Waals surface area contributed by atoms with Crippen molar-refractivity contribution in [3.05, 3.63) is 71.4 Å². The number of nitrogens with one attached hydrogen (secondary N) is 1. The Hall–Kier alpha value is -3.27. The molecule has 0 saturated carbocycles. The van der Waals surface area contributed by atoms with Crippen LogP contribution in [0.1, 0.15) is 42.6 Å². The summed E-state index contributed by atoms with van der Waals surface area (Å²) in [6.07, 6.45) is -4.80. The summed E-state index contributed by atoms with van der Waals surface area (Å²) in [7, 11) is 1.91. The quantitative estimate of drug-likeness (QED) is 0.487. The number of hydrogen-bond acceptors (Lipinski definition) is 5. The molecule has 33 heavy (non-hydrogen) atoms. The van der Waals surface area contributed by atoms with Gasteiger partial charge in [0.2, 0.25) is 5.82 Å². The number of benzene rings is 2. The van der Waals surface area contributed by atoms with Crippen LogP contribution in [0.25, 0.3) is 11.4 Å². The normalized spacial score (nSPS) is 12.2. The molecule has 0 bridgehead atoms. The molecule has 1 aromatic heterocycles. The summed E-state index contributed by atoms with van der Waals surface area (Å²) in [5.74, 6) is -3.49. The molecule has 0 saturated heterocycles. The smallest absolute Gasteiger partial charge is 0.348 e. The zero-order valence-electron chi connectivity index (χ0n) is 18.8. The Bertz CT molecular complexity index is 1040. The monoisotopic (exact) mass is 466 g/mol. The van der Waals surface area contributed by atoms with Crippen molar-refractivity contribution in [1.82, 2.24) is 20.4 Å². The summed E-state index contributed by atoms with van der Waals surface area (Å²) in [4.78, 5) is 17.7. The average Bonchev–Trinajstić information content (AvgIpc) is 3.26. The molecule has 1 amide bonds. The van der Waals surface area contributed by atoms with Gasteiger partial charge < -0.3 is 14.7 Å². The zero-order chi connectivity index (χ0) is 24.6. The minimum atomic E-state index is -4.80. The van der Waals surface area contributed by atoms with Gasteiger partial charge in [-0.3, -0.25) is 4.79 Å². The van der Waals surface area contributed by atoms with Gasteiger partial charge in [0.15, 0.2) is 0 Å². The van der Waals surface area contributed by atoms with E-state index < -0.39 is 29.6 Å². The first-order valence-corrected chi connectivity index (χ1v) is 10.4. The van der Waals surface area contributed by atoms with Crippen molar-refractivity contribution in [3.8, 4) is 11.4 Å². The third-order valence-corrected chi connectivity index (χ3v) is 4.40. The van der Waals surface area contributed by atoms with Crippen LogP contribution in [0.5, 0.6) is 0 Å². The Labute approximate surface area is 189 Å². The van der Waals surface area contributed by atoms with Crippen LogP contribution in [0.2, 0.25) is 0 Å². The fraction of sp³-hybridized carbons (Fsp3) is 0.348. The van der Waals surface area contributed by atoms with Crippen molar-refractivity contribution in [1.29, 1.82) is 0 Å². The number of likely N-dealkylation sites (N-methyl/N-ethyl adjacent to an activating group) is 1. The number of halogens is 4. The van der Waals surface area contributed by atoms with Crippen LogP contribution in [0.15, 0.2) is 53.1 Å². The number of nitrogens with zero attached hydrogens (tertiary/aromatic N) is 3. The molecule has 1 heterocycles. The number of carbonyl (C=O) groups is 1. The van der Waals surface area contributed by atoms with Crippen molar-refractivity contribution >= 4 is 5.91 Å². The summed E-state index contributed by atoms with van der Waals surface area (Å²) in [6, 6.07) is 12.9. The Kier molecular flexibility index (Phi) is 9.10. The Morgan fingerprint density at radius 2 is 1.82 bits per heavy atom.